The van der Waals surface area contributed by atoms with Crippen LogP contribution in [0.3, 0.4) is 0 Å². The number of pyridine rings is 1. The molecule has 1 aliphatic rings. The normalized spacial score (nSPS) is 16.6. The van der Waals surface area contributed by atoms with Gasteiger partial charge < -0.3 is 15.4 Å². The molecule has 1 aliphatic heterocycles. The first kappa shape index (κ1) is 16.1. The number of hydrogen-bond acceptors (Lipinski definition) is 5. The standard InChI is InChI=1S/C18H19N3O3/c1-12(22)13-4-6-14(7-5-13)20-17-9-8-15(11-19-17)21-18(23)16-3-2-10-24-16/h4-9,11,16H,2-3,10H2,1H3,(H,19,20)(H,21,23). The smallest absolute Gasteiger partial charge is 0.253 e. The summed E-state index contributed by atoms with van der Waals surface area (Å²) >= 11 is 0. The van der Waals surface area contributed by atoms with Gasteiger partial charge in [0, 0.05) is 17.9 Å². The third kappa shape index (κ3) is 3.97. The minimum Gasteiger partial charge on any atom is -0.368 e. The van der Waals surface area contributed by atoms with Gasteiger partial charge >= 0.3 is 0 Å². The monoisotopic (exact) mass is 325 g/mol. The number of aromatic nitrogens is 1. The van der Waals surface area contributed by atoms with Crippen LogP contribution in [0.1, 0.15) is 30.1 Å². The third-order valence-corrected chi connectivity index (χ3v) is 3.82. The van der Waals surface area contributed by atoms with Crippen LogP contribution in [-0.2, 0) is 9.53 Å². The highest BCUT2D eigenvalue weighted by molar-refractivity contribution is 5.95. The first-order valence-corrected chi connectivity index (χ1v) is 7.88. The van der Waals surface area contributed by atoms with Gasteiger partial charge in [0.1, 0.15) is 11.9 Å². The zero-order valence-corrected chi connectivity index (χ0v) is 13.4. The Labute approximate surface area is 140 Å². The van der Waals surface area contributed by atoms with Crippen molar-refractivity contribution < 1.29 is 14.3 Å². The number of nitrogens with one attached hydrogen (secondary N) is 2. The second-order valence-corrected chi connectivity index (χ2v) is 5.68. The van der Waals surface area contributed by atoms with E-state index in [0.717, 1.165) is 18.5 Å². The maximum atomic E-state index is 12.0. The van der Waals surface area contributed by atoms with E-state index >= 15 is 0 Å². The summed E-state index contributed by atoms with van der Waals surface area (Å²) in [4.78, 5) is 27.5. The Balaban J connectivity index is 1.59. The number of benzene rings is 1. The molecular weight excluding hydrogens is 306 g/mol. The van der Waals surface area contributed by atoms with Crippen LogP contribution in [0.5, 0.6) is 0 Å². The number of carbonyl (C=O) groups excluding carboxylic acids is 2. The van der Waals surface area contributed by atoms with E-state index in [0.29, 0.717) is 23.7 Å². The van der Waals surface area contributed by atoms with Crippen LogP contribution in [0.25, 0.3) is 0 Å². The average Bonchev–Trinajstić information content (AvgIpc) is 3.12. The lowest BCUT2D eigenvalue weighted by Gasteiger charge is -2.11. The Morgan fingerprint density at radius 1 is 1.12 bits per heavy atom. The molecule has 6 nitrogen and oxygen atoms in total. The zero-order chi connectivity index (χ0) is 16.9. The molecular formula is C18H19N3O3. The summed E-state index contributed by atoms with van der Waals surface area (Å²) < 4.78 is 5.35. The molecule has 0 saturated carbocycles. The van der Waals surface area contributed by atoms with Crippen LogP contribution in [0, 0.1) is 0 Å². The van der Waals surface area contributed by atoms with Gasteiger partial charge in [0.15, 0.2) is 5.78 Å². The van der Waals surface area contributed by atoms with Crippen LogP contribution in [0.4, 0.5) is 17.2 Å². The molecule has 1 fully saturated rings. The van der Waals surface area contributed by atoms with Gasteiger partial charge in [-0.05, 0) is 56.2 Å². The number of ketones is 1. The Kier molecular flexibility index (Phi) is 4.86. The quantitative estimate of drug-likeness (QED) is 0.826. The van der Waals surface area contributed by atoms with E-state index in [2.05, 4.69) is 15.6 Å². The topological polar surface area (TPSA) is 80.3 Å². The largest absolute Gasteiger partial charge is 0.368 e. The second kappa shape index (κ2) is 7.23. The van der Waals surface area contributed by atoms with Crippen molar-refractivity contribution in [3.63, 3.8) is 0 Å². The van der Waals surface area contributed by atoms with E-state index in [4.69, 9.17) is 4.74 Å². The lowest BCUT2D eigenvalue weighted by molar-refractivity contribution is -0.124. The minimum atomic E-state index is -0.359. The molecule has 3 rings (SSSR count). The summed E-state index contributed by atoms with van der Waals surface area (Å²) in [6.07, 6.45) is 2.91. The van der Waals surface area contributed by atoms with Gasteiger partial charge in [-0.15, -0.1) is 0 Å². The molecule has 24 heavy (non-hydrogen) atoms. The zero-order valence-electron chi connectivity index (χ0n) is 13.4. The summed E-state index contributed by atoms with van der Waals surface area (Å²) in [5, 5.41) is 5.95. The Hall–Kier alpha value is -2.73. The summed E-state index contributed by atoms with van der Waals surface area (Å²) in [5.41, 5.74) is 2.14. The number of ether oxygens (including phenoxy) is 1. The van der Waals surface area contributed by atoms with Crippen molar-refractivity contribution in [1.82, 2.24) is 4.98 Å². The fraction of sp³-hybridized carbons (Fsp3) is 0.278. The van der Waals surface area contributed by atoms with Crippen LogP contribution in [-0.4, -0.2) is 29.4 Å². The molecule has 1 amide bonds. The predicted molar refractivity (Wildman–Crippen MR) is 91.6 cm³/mol. The van der Waals surface area contributed by atoms with Crippen molar-refractivity contribution in [2.75, 3.05) is 17.2 Å². The summed E-state index contributed by atoms with van der Waals surface area (Å²) in [5.74, 6) is 0.557. The molecule has 1 saturated heterocycles. The van der Waals surface area contributed by atoms with Gasteiger partial charge in [0.2, 0.25) is 0 Å². The van der Waals surface area contributed by atoms with Crippen LogP contribution >= 0.6 is 0 Å². The minimum absolute atomic E-state index is 0.0333. The van der Waals surface area contributed by atoms with E-state index in [1.54, 1.807) is 30.5 Å². The Bertz CT molecular complexity index is 720. The van der Waals surface area contributed by atoms with Gasteiger partial charge in [0.25, 0.3) is 5.91 Å². The highest BCUT2D eigenvalue weighted by Crippen LogP contribution is 2.18. The first-order chi connectivity index (χ1) is 11.6. The van der Waals surface area contributed by atoms with E-state index in [1.165, 1.54) is 6.92 Å². The summed E-state index contributed by atoms with van der Waals surface area (Å²) in [6.45, 7) is 2.18. The molecule has 2 N–H and O–H groups in total. The van der Waals surface area contributed by atoms with Crippen LogP contribution in [0.15, 0.2) is 42.6 Å². The molecule has 2 aromatic rings. The predicted octanol–water partition coefficient (Wildman–Crippen LogP) is 3.15. The van der Waals surface area contributed by atoms with E-state index in [1.807, 2.05) is 12.1 Å². The van der Waals surface area contributed by atoms with Crippen molar-refractivity contribution in [3.05, 3.63) is 48.2 Å². The third-order valence-electron chi connectivity index (χ3n) is 3.82. The van der Waals surface area contributed by atoms with Crippen molar-refractivity contribution >= 4 is 28.9 Å². The number of carbonyl (C=O) groups is 2. The van der Waals surface area contributed by atoms with Gasteiger partial charge in [-0.25, -0.2) is 4.98 Å². The Morgan fingerprint density at radius 3 is 2.46 bits per heavy atom. The number of nitrogens with zero attached hydrogens (tertiary/aromatic N) is 1. The number of hydrogen-bond donors (Lipinski definition) is 2. The van der Waals surface area contributed by atoms with Gasteiger partial charge in [-0.2, -0.15) is 0 Å². The Morgan fingerprint density at radius 2 is 1.88 bits per heavy atom. The lowest BCUT2D eigenvalue weighted by atomic mass is 10.1. The molecule has 1 unspecified atom stereocenters. The van der Waals surface area contributed by atoms with Gasteiger partial charge in [-0.3, -0.25) is 9.59 Å². The van der Waals surface area contributed by atoms with Crippen LogP contribution < -0.4 is 10.6 Å². The average molecular weight is 325 g/mol. The summed E-state index contributed by atoms with van der Waals surface area (Å²) in [6, 6.07) is 10.7. The lowest BCUT2D eigenvalue weighted by Crippen LogP contribution is -2.26. The van der Waals surface area contributed by atoms with Crippen molar-refractivity contribution in [3.8, 4) is 0 Å². The van der Waals surface area contributed by atoms with Crippen LogP contribution in [0.2, 0.25) is 0 Å². The van der Waals surface area contributed by atoms with E-state index in [9.17, 15) is 9.59 Å². The highest BCUT2D eigenvalue weighted by Gasteiger charge is 2.23. The fourth-order valence-corrected chi connectivity index (χ4v) is 2.49. The van der Waals surface area contributed by atoms with Crippen molar-refractivity contribution in [1.29, 1.82) is 0 Å². The maximum absolute atomic E-state index is 12.0. The first-order valence-electron chi connectivity index (χ1n) is 7.88. The molecule has 0 aliphatic carbocycles. The highest BCUT2D eigenvalue weighted by atomic mass is 16.5. The molecule has 124 valence electrons. The molecule has 1 aromatic carbocycles. The van der Waals surface area contributed by atoms with Crippen molar-refractivity contribution in [2.45, 2.75) is 25.9 Å². The van der Waals surface area contributed by atoms with Gasteiger partial charge in [0.05, 0.1) is 11.9 Å². The molecule has 1 aromatic heterocycles. The second-order valence-electron chi connectivity index (χ2n) is 5.68. The maximum Gasteiger partial charge on any atom is 0.253 e. The molecule has 2 heterocycles. The fourth-order valence-electron chi connectivity index (χ4n) is 2.49. The number of amides is 1. The number of anilines is 3. The molecule has 0 radical (unpaired) electrons. The SMILES string of the molecule is CC(=O)c1ccc(Nc2ccc(NC(=O)C3CCCO3)cn2)cc1. The van der Waals surface area contributed by atoms with E-state index in [-0.39, 0.29) is 17.8 Å². The van der Waals surface area contributed by atoms with E-state index < -0.39 is 0 Å². The number of Topliss-reactive ketones (excluding diaryl/α,β-unsaturated/α-hetero) is 1. The number of rotatable bonds is 5. The molecule has 0 spiro atoms. The molecule has 0 bridgehead atoms. The van der Waals surface area contributed by atoms with Crippen molar-refractivity contribution in [2.24, 2.45) is 0 Å². The molecule has 6 heteroatoms. The van der Waals surface area contributed by atoms with Gasteiger partial charge in [-0.1, -0.05) is 0 Å². The summed E-state index contributed by atoms with van der Waals surface area (Å²) in [7, 11) is 0. The molecule has 1 atom stereocenters.